The van der Waals surface area contributed by atoms with Crippen LogP contribution in [0.25, 0.3) is 0 Å². The van der Waals surface area contributed by atoms with Crippen LogP contribution in [-0.2, 0) is 32.7 Å². The van der Waals surface area contributed by atoms with Gasteiger partial charge in [-0.05, 0) is 154 Å². The first-order valence-electron chi connectivity index (χ1n) is 33.1. The molecule has 0 rings (SSSR count). The molecule has 9 nitrogen and oxygen atoms in total. The van der Waals surface area contributed by atoms with E-state index >= 15 is 0 Å². The van der Waals surface area contributed by atoms with Gasteiger partial charge < -0.3 is 27.9 Å². The van der Waals surface area contributed by atoms with Crippen molar-refractivity contribution in [2.75, 3.05) is 47.5 Å². The largest absolute Gasteiger partial charge is 0.756 e. The third-order valence-corrected chi connectivity index (χ3v) is 13.6. The number of carbonyl (C=O) groups excluding carboxylic acids is 2. The summed E-state index contributed by atoms with van der Waals surface area (Å²) in [6, 6.07) is 0. The Bertz CT molecular complexity index is 2330. The van der Waals surface area contributed by atoms with Gasteiger partial charge in [0.05, 0.1) is 27.7 Å². The first-order valence-corrected chi connectivity index (χ1v) is 34.6. The maximum atomic E-state index is 12.8. The minimum absolute atomic E-state index is 0.0600. The summed E-state index contributed by atoms with van der Waals surface area (Å²) in [7, 11) is 1.08. The van der Waals surface area contributed by atoms with E-state index in [1.807, 2.05) is 27.2 Å². The van der Waals surface area contributed by atoms with Gasteiger partial charge in [-0.25, -0.2) is 0 Å². The highest BCUT2D eigenvalue weighted by Crippen LogP contribution is 2.38. The Kier molecular flexibility index (Phi) is 61.1. The molecule has 0 aliphatic carbocycles. The fourth-order valence-electron chi connectivity index (χ4n) is 7.68. The molecule has 0 N–H and O–H groups in total. The molecule has 488 valence electrons. The number of quaternary nitrogens is 1. The van der Waals surface area contributed by atoms with Crippen LogP contribution in [0, 0.1) is 0 Å². The van der Waals surface area contributed by atoms with Gasteiger partial charge in [0.2, 0.25) is 0 Å². The standard InChI is InChI=1S/C78H118NO8P/c1-6-8-10-12-14-16-18-20-22-24-26-28-30-32-34-36-37-38-39-40-41-43-45-47-49-51-53-55-57-59-61-63-65-67-69-71-78(81)87-76(75-86-88(82,83)85-73-72-79(3,4)5)74-84-77(80)70-68-66-64-62-60-58-56-54-52-50-48-46-44-42-35-33-31-29-27-25-23-21-19-17-15-13-11-9-7-2/h8-11,14-17,20-23,26-29,32-35,37-38,40-41,44-47,50-53,56-59,62,64,76H,6-7,12-13,18-19,24-25,30-31,36,39,42-43,48-49,54-55,60-61,63,65-75H2,1-5H3/b10-8-,11-9-,16-14-,17-15-,22-20-,23-21-,28-26-,29-27-,34-32-,35-33-,38-37-,41-40-,46-44-,47-45-,52-50-,53-51-,58-56-,59-57-,64-62-. The van der Waals surface area contributed by atoms with E-state index in [0.717, 1.165) is 148 Å². The van der Waals surface area contributed by atoms with Gasteiger partial charge in [-0.3, -0.25) is 14.2 Å². The normalized spacial score (nSPS) is 14.7. The summed E-state index contributed by atoms with van der Waals surface area (Å²) >= 11 is 0. The lowest BCUT2D eigenvalue weighted by Gasteiger charge is -2.28. The Morgan fingerprint density at radius 1 is 0.352 bits per heavy atom. The molecule has 0 aromatic heterocycles. The van der Waals surface area contributed by atoms with Gasteiger partial charge >= 0.3 is 11.9 Å². The number of likely N-dealkylation sites (N-methyl/N-ethyl adjacent to an activating group) is 1. The lowest BCUT2D eigenvalue weighted by atomic mass is 10.1. The van der Waals surface area contributed by atoms with E-state index in [-0.39, 0.29) is 26.1 Å². The molecule has 0 radical (unpaired) electrons. The Labute approximate surface area is 537 Å². The zero-order valence-electron chi connectivity index (χ0n) is 55.3. The molecule has 0 aromatic carbocycles. The van der Waals surface area contributed by atoms with Crippen molar-refractivity contribution in [3.63, 3.8) is 0 Å². The maximum absolute atomic E-state index is 12.8. The third-order valence-electron chi connectivity index (χ3n) is 12.7. The molecule has 0 saturated carbocycles. The Morgan fingerprint density at radius 2 is 0.625 bits per heavy atom. The van der Waals surface area contributed by atoms with E-state index in [2.05, 4.69) is 239 Å². The number of hydrogen-bond donors (Lipinski definition) is 0. The van der Waals surface area contributed by atoms with Crippen molar-refractivity contribution in [3.8, 4) is 0 Å². The van der Waals surface area contributed by atoms with Gasteiger partial charge in [-0.15, -0.1) is 0 Å². The zero-order chi connectivity index (χ0) is 64.1. The summed E-state index contributed by atoms with van der Waals surface area (Å²) in [5.41, 5.74) is 0. The predicted octanol–water partition coefficient (Wildman–Crippen LogP) is 21.2. The van der Waals surface area contributed by atoms with Crippen LogP contribution < -0.4 is 4.89 Å². The second kappa shape index (κ2) is 65.5. The minimum Gasteiger partial charge on any atom is -0.756 e. The van der Waals surface area contributed by atoms with Crippen LogP contribution in [0.4, 0.5) is 0 Å². The molecular formula is C78H118NO8P. The molecule has 0 aromatic rings. The second-order valence-electron chi connectivity index (χ2n) is 22.0. The quantitative estimate of drug-likeness (QED) is 0.0195. The van der Waals surface area contributed by atoms with Crippen LogP contribution >= 0.6 is 7.82 Å². The number of phosphoric acid groups is 1. The van der Waals surface area contributed by atoms with Gasteiger partial charge in [0.1, 0.15) is 19.8 Å². The van der Waals surface area contributed by atoms with Crippen molar-refractivity contribution < 1.29 is 42.1 Å². The molecule has 0 aliphatic rings. The molecule has 0 heterocycles. The lowest BCUT2D eigenvalue weighted by Crippen LogP contribution is -2.37. The van der Waals surface area contributed by atoms with Gasteiger partial charge in [0.15, 0.2) is 6.10 Å². The van der Waals surface area contributed by atoms with E-state index in [1.165, 1.54) is 0 Å². The van der Waals surface area contributed by atoms with Gasteiger partial charge in [-0.1, -0.05) is 258 Å². The van der Waals surface area contributed by atoms with E-state index in [9.17, 15) is 19.0 Å². The van der Waals surface area contributed by atoms with Crippen LogP contribution in [0.5, 0.6) is 0 Å². The highest BCUT2D eigenvalue weighted by atomic mass is 31.2. The molecule has 0 aliphatic heterocycles. The number of allylic oxidation sites excluding steroid dienone is 38. The van der Waals surface area contributed by atoms with E-state index in [1.54, 1.807) is 0 Å². The van der Waals surface area contributed by atoms with Crippen molar-refractivity contribution >= 4 is 19.8 Å². The summed E-state index contributed by atoms with van der Waals surface area (Å²) < 4.78 is 34.1. The molecule has 2 atom stereocenters. The molecule has 0 bridgehead atoms. The number of nitrogens with zero attached hydrogens (tertiary/aromatic N) is 1. The molecular weight excluding hydrogens is 1110 g/mol. The summed E-state index contributed by atoms with van der Waals surface area (Å²) in [6.45, 7) is 3.87. The Morgan fingerprint density at radius 3 is 0.932 bits per heavy atom. The number of hydrogen-bond acceptors (Lipinski definition) is 8. The second-order valence-corrected chi connectivity index (χ2v) is 23.4. The van der Waals surface area contributed by atoms with Crippen LogP contribution in [0.2, 0.25) is 0 Å². The fourth-order valence-corrected chi connectivity index (χ4v) is 8.41. The summed E-state index contributed by atoms with van der Waals surface area (Å²) in [6.07, 6.45) is 107. The molecule has 0 spiro atoms. The summed E-state index contributed by atoms with van der Waals surface area (Å²) in [4.78, 5) is 38.0. The topological polar surface area (TPSA) is 111 Å². The third kappa shape index (κ3) is 69.2. The SMILES string of the molecule is CC/C=C\C/C=C\C/C=C\C/C=C\C/C=C\C/C=C\C/C=C\C/C=C\C/C=C\C/C=C\CCCCCCC(=O)OC(COC(=O)CCC/C=C\C/C=C\C/C=C\C/C=C\C/C=C\C/C=C\C/C=C\C/C=C\C/C=C\CC)COP(=O)([O-])OCC[N+](C)(C)C. The van der Waals surface area contributed by atoms with Crippen molar-refractivity contribution in [3.05, 3.63) is 231 Å². The number of unbranched alkanes of at least 4 members (excludes halogenated alkanes) is 5. The first-order chi connectivity index (χ1) is 43.0. The summed E-state index contributed by atoms with van der Waals surface area (Å²) in [5.74, 6) is -0.956. The fraction of sp³-hybridized carbons (Fsp3) is 0.487. The van der Waals surface area contributed by atoms with Gasteiger partial charge in [-0.2, -0.15) is 0 Å². The van der Waals surface area contributed by atoms with Crippen molar-refractivity contribution in [2.24, 2.45) is 0 Å². The zero-order valence-corrected chi connectivity index (χ0v) is 56.2. The molecule has 0 saturated heterocycles. The monoisotopic (exact) mass is 1230 g/mol. The van der Waals surface area contributed by atoms with Crippen LogP contribution in [-0.4, -0.2) is 70.0 Å². The highest BCUT2D eigenvalue weighted by molar-refractivity contribution is 7.45. The highest BCUT2D eigenvalue weighted by Gasteiger charge is 2.21. The van der Waals surface area contributed by atoms with Crippen molar-refractivity contribution in [1.82, 2.24) is 0 Å². The number of ether oxygens (including phenoxy) is 2. The van der Waals surface area contributed by atoms with Crippen molar-refractivity contribution in [1.29, 1.82) is 0 Å². The average molecular weight is 1230 g/mol. The maximum Gasteiger partial charge on any atom is 0.306 e. The van der Waals surface area contributed by atoms with Crippen LogP contribution in [0.1, 0.15) is 194 Å². The van der Waals surface area contributed by atoms with E-state index in [0.29, 0.717) is 30.3 Å². The van der Waals surface area contributed by atoms with Gasteiger partial charge in [0, 0.05) is 12.8 Å². The summed E-state index contributed by atoms with van der Waals surface area (Å²) in [5, 5.41) is 0. The lowest BCUT2D eigenvalue weighted by molar-refractivity contribution is -0.870. The molecule has 0 amide bonds. The predicted molar refractivity (Wildman–Crippen MR) is 378 cm³/mol. The number of phosphoric ester groups is 1. The van der Waals surface area contributed by atoms with Gasteiger partial charge in [0.25, 0.3) is 7.82 Å². The molecule has 10 heteroatoms. The number of esters is 2. The van der Waals surface area contributed by atoms with E-state index in [4.69, 9.17) is 18.5 Å². The first kappa shape index (κ1) is 82.1. The van der Waals surface area contributed by atoms with Crippen LogP contribution in [0.3, 0.4) is 0 Å². The Hall–Kier alpha value is -5.93. The molecule has 0 fully saturated rings. The van der Waals surface area contributed by atoms with Crippen LogP contribution in [0.15, 0.2) is 231 Å². The van der Waals surface area contributed by atoms with E-state index < -0.39 is 32.5 Å². The minimum atomic E-state index is -4.68. The average Bonchev–Trinajstić information content (AvgIpc) is 3.57. The molecule has 2 unspecified atom stereocenters. The number of rotatable bonds is 57. The Balaban J connectivity index is 4.35. The van der Waals surface area contributed by atoms with Crippen molar-refractivity contribution in [2.45, 2.75) is 200 Å². The molecule has 88 heavy (non-hydrogen) atoms. The number of carbonyl (C=O) groups is 2. The smallest absolute Gasteiger partial charge is 0.306 e.